The number of carbonyl (C=O) groups is 2. The molecular weight excluding hydrogens is 301 g/mol. The lowest BCUT2D eigenvalue weighted by Gasteiger charge is -2.29. The van der Waals surface area contributed by atoms with Crippen molar-refractivity contribution >= 4 is 11.9 Å². The third-order valence-electron chi connectivity index (χ3n) is 4.04. The van der Waals surface area contributed by atoms with Crippen LogP contribution in [0.1, 0.15) is 32.8 Å². The number of carbonyl (C=O) groups excluding carboxylic acids is 1. The van der Waals surface area contributed by atoms with E-state index in [0.29, 0.717) is 30.6 Å². The van der Waals surface area contributed by atoms with Gasteiger partial charge in [-0.2, -0.15) is 0 Å². The number of halogens is 1. The van der Waals surface area contributed by atoms with Gasteiger partial charge in [0.15, 0.2) is 0 Å². The van der Waals surface area contributed by atoms with Crippen LogP contribution in [0.4, 0.5) is 4.39 Å². The number of fused-ring (bicyclic) bond motifs is 1. The van der Waals surface area contributed by atoms with E-state index in [0.717, 1.165) is 11.1 Å². The maximum absolute atomic E-state index is 13.4. The lowest BCUT2D eigenvalue weighted by Crippen LogP contribution is -2.36. The molecule has 1 aromatic carbocycles. The predicted molar refractivity (Wildman–Crippen MR) is 79.6 cm³/mol. The molecule has 0 spiro atoms. The number of hydrogen-bond donors (Lipinski definition) is 1. The van der Waals surface area contributed by atoms with Crippen LogP contribution < -0.4 is 0 Å². The van der Waals surface area contributed by atoms with Gasteiger partial charge in [0.1, 0.15) is 18.0 Å². The topological polar surface area (TPSA) is 70.7 Å². The van der Waals surface area contributed by atoms with E-state index in [-0.39, 0.29) is 23.9 Å². The van der Waals surface area contributed by atoms with Crippen LogP contribution in [-0.2, 0) is 24.2 Å². The average Bonchev–Trinajstić information content (AvgIpc) is 2.85. The molecule has 0 unspecified atom stereocenters. The zero-order valence-electron chi connectivity index (χ0n) is 12.6. The summed E-state index contributed by atoms with van der Waals surface area (Å²) in [5.41, 5.74) is 2.72. The largest absolute Gasteiger partial charge is 0.481 e. The van der Waals surface area contributed by atoms with Gasteiger partial charge < -0.3 is 14.4 Å². The van der Waals surface area contributed by atoms with E-state index in [1.54, 1.807) is 17.9 Å². The van der Waals surface area contributed by atoms with Gasteiger partial charge >= 0.3 is 5.97 Å². The van der Waals surface area contributed by atoms with Crippen LogP contribution in [0.25, 0.3) is 0 Å². The first-order valence-corrected chi connectivity index (χ1v) is 7.31. The summed E-state index contributed by atoms with van der Waals surface area (Å²) in [5, 5.41) is 8.93. The Bertz CT molecular complexity index is 781. The van der Waals surface area contributed by atoms with Crippen LogP contribution in [0.15, 0.2) is 28.9 Å². The summed E-state index contributed by atoms with van der Waals surface area (Å²) >= 11 is 0. The molecule has 120 valence electrons. The minimum atomic E-state index is -1.06. The van der Waals surface area contributed by atoms with Crippen molar-refractivity contribution in [3.63, 3.8) is 0 Å². The molecule has 0 radical (unpaired) electrons. The molecule has 6 heteroatoms. The molecule has 0 fully saturated rings. The molecule has 1 aliphatic rings. The molecule has 0 bridgehead atoms. The van der Waals surface area contributed by atoms with Crippen molar-refractivity contribution in [1.29, 1.82) is 0 Å². The molecular formula is C17H16FNO4. The van der Waals surface area contributed by atoms with Gasteiger partial charge in [0.25, 0.3) is 5.91 Å². The Hall–Kier alpha value is -2.63. The van der Waals surface area contributed by atoms with Gasteiger partial charge in [-0.1, -0.05) is 6.07 Å². The monoisotopic (exact) mass is 317 g/mol. The van der Waals surface area contributed by atoms with Crippen LogP contribution in [0.3, 0.4) is 0 Å². The van der Waals surface area contributed by atoms with Gasteiger partial charge in [-0.3, -0.25) is 9.59 Å². The van der Waals surface area contributed by atoms with E-state index >= 15 is 0 Å². The van der Waals surface area contributed by atoms with Gasteiger partial charge in [-0.05, 0) is 36.6 Å². The molecule has 0 saturated carbocycles. The molecule has 1 N–H and O–H groups in total. The zero-order valence-corrected chi connectivity index (χ0v) is 12.6. The van der Waals surface area contributed by atoms with Crippen molar-refractivity contribution in [2.45, 2.75) is 26.3 Å². The van der Waals surface area contributed by atoms with Crippen LogP contribution in [-0.4, -0.2) is 28.4 Å². The van der Waals surface area contributed by atoms with Gasteiger partial charge in [0.05, 0.1) is 11.8 Å². The molecule has 2 aromatic rings. The number of nitrogens with zero attached hydrogens (tertiary/aromatic N) is 1. The van der Waals surface area contributed by atoms with Crippen molar-refractivity contribution in [2.24, 2.45) is 0 Å². The Kier molecular flexibility index (Phi) is 3.90. The Labute approximate surface area is 132 Å². The van der Waals surface area contributed by atoms with E-state index in [1.807, 2.05) is 0 Å². The number of carboxylic acids is 1. The normalized spacial score (nSPS) is 13.7. The lowest BCUT2D eigenvalue weighted by molar-refractivity contribution is -0.136. The minimum Gasteiger partial charge on any atom is -0.481 e. The third kappa shape index (κ3) is 2.97. The summed E-state index contributed by atoms with van der Waals surface area (Å²) in [5.74, 6) is -1.50. The molecule has 2 heterocycles. The van der Waals surface area contributed by atoms with E-state index in [9.17, 15) is 14.0 Å². The number of benzene rings is 1. The number of rotatable bonds is 3. The summed E-state index contributed by atoms with van der Waals surface area (Å²) in [6.45, 7) is 2.53. The van der Waals surface area contributed by atoms with Crippen molar-refractivity contribution in [2.75, 3.05) is 6.54 Å². The molecule has 1 aromatic heterocycles. The Morgan fingerprint density at radius 1 is 1.35 bits per heavy atom. The Balaban J connectivity index is 1.87. The number of aliphatic carboxylic acids is 1. The minimum absolute atomic E-state index is 0.157. The second-order valence-electron chi connectivity index (χ2n) is 5.68. The highest BCUT2D eigenvalue weighted by molar-refractivity contribution is 5.97. The predicted octanol–water partition coefficient (Wildman–Crippen LogP) is 2.55. The Morgan fingerprint density at radius 3 is 2.87 bits per heavy atom. The number of carboxylic acid groups (broad SMARTS) is 1. The zero-order chi connectivity index (χ0) is 16.6. The fraction of sp³-hybridized carbons (Fsp3) is 0.294. The molecule has 0 saturated heterocycles. The van der Waals surface area contributed by atoms with Crippen molar-refractivity contribution in [3.8, 4) is 0 Å². The molecule has 3 rings (SSSR count). The fourth-order valence-corrected chi connectivity index (χ4v) is 2.91. The van der Waals surface area contributed by atoms with Crippen LogP contribution in [0, 0.1) is 12.7 Å². The molecule has 1 aliphatic heterocycles. The Morgan fingerprint density at radius 2 is 2.13 bits per heavy atom. The molecule has 1 amide bonds. The van der Waals surface area contributed by atoms with E-state index in [4.69, 9.17) is 9.52 Å². The first-order valence-electron chi connectivity index (χ1n) is 7.31. The quantitative estimate of drug-likeness (QED) is 0.944. The average molecular weight is 317 g/mol. The number of hydrogen-bond acceptors (Lipinski definition) is 3. The standard InChI is InChI=1S/C17H16FNO4/c1-10-9-23-14(7-15(20)21)16(10)17(22)19-5-4-11-2-3-13(18)6-12(11)8-19/h2-3,6,9H,4-5,7-8H2,1H3,(H,20,21). The first kappa shape index (κ1) is 15.3. The number of amides is 1. The summed E-state index contributed by atoms with van der Waals surface area (Å²) < 4.78 is 18.6. The van der Waals surface area contributed by atoms with Crippen LogP contribution >= 0.6 is 0 Å². The van der Waals surface area contributed by atoms with Crippen LogP contribution in [0.5, 0.6) is 0 Å². The molecule has 0 atom stereocenters. The van der Waals surface area contributed by atoms with Crippen molar-refractivity contribution in [3.05, 3.63) is 58.3 Å². The molecule has 5 nitrogen and oxygen atoms in total. The van der Waals surface area contributed by atoms with E-state index in [1.165, 1.54) is 18.4 Å². The summed E-state index contributed by atoms with van der Waals surface area (Å²) in [6.07, 6.45) is 1.70. The second-order valence-corrected chi connectivity index (χ2v) is 5.68. The maximum Gasteiger partial charge on any atom is 0.311 e. The maximum atomic E-state index is 13.4. The van der Waals surface area contributed by atoms with Crippen molar-refractivity contribution in [1.82, 2.24) is 4.90 Å². The van der Waals surface area contributed by atoms with Crippen LogP contribution in [0.2, 0.25) is 0 Å². The number of furan rings is 1. The number of aryl methyl sites for hydroxylation is 1. The highest BCUT2D eigenvalue weighted by Crippen LogP contribution is 2.25. The smallest absolute Gasteiger partial charge is 0.311 e. The highest BCUT2D eigenvalue weighted by atomic mass is 19.1. The SMILES string of the molecule is Cc1coc(CC(=O)O)c1C(=O)N1CCc2ccc(F)cc2C1. The summed E-state index contributed by atoms with van der Waals surface area (Å²) in [7, 11) is 0. The van der Waals surface area contributed by atoms with Crippen molar-refractivity contribution < 1.29 is 23.5 Å². The summed E-state index contributed by atoms with van der Waals surface area (Å²) in [6, 6.07) is 4.60. The first-order chi connectivity index (χ1) is 11.0. The van der Waals surface area contributed by atoms with E-state index in [2.05, 4.69) is 0 Å². The van der Waals surface area contributed by atoms with Gasteiger partial charge in [0, 0.05) is 18.7 Å². The molecule has 23 heavy (non-hydrogen) atoms. The van der Waals surface area contributed by atoms with Gasteiger partial charge in [-0.15, -0.1) is 0 Å². The van der Waals surface area contributed by atoms with E-state index < -0.39 is 5.97 Å². The molecule has 0 aliphatic carbocycles. The second kappa shape index (κ2) is 5.87. The highest BCUT2D eigenvalue weighted by Gasteiger charge is 2.27. The lowest BCUT2D eigenvalue weighted by atomic mass is 9.98. The fourth-order valence-electron chi connectivity index (χ4n) is 2.91. The summed E-state index contributed by atoms with van der Waals surface area (Å²) in [4.78, 5) is 25.3. The van der Waals surface area contributed by atoms with Gasteiger partial charge in [-0.25, -0.2) is 4.39 Å². The third-order valence-corrected chi connectivity index (χ3v) is 4.04. The van der Waals surface area contributed by atoms with Gasteiger partial charge in [0.2, 0.25) is 0 Å².